The molecule has 0 aliphatic carbocycles. The number of carbonyl (C=O) groups excluding carboxylic acids is 1. The van der Waals surface area contributed by atoms with Crippen LogP contribution in [0.15, 0.2) is 36.5 Å². The molecule has 0 aliphatic rings. The molecule has 0 spiro atoms. The van der Waals surface area contributed by atoms with E-state index in [-0.39, 0.29) is 19.1 Å². The molecule has 2 N–H and O–H groups in total. The molecule has 3 unspecified atom stereocenters. The first-order chi connectivity index (χ1) is 40.0. The first-order valence-corrected chi connectivity index (χ1v) is 37.8. The van der Waals surface area contributed by atoms with Gasteiger partial charge in [0.1, 0.15) is 13.2 Å². The van der Waals surface area contributed by atoms with E-state index in [0.29, 0.717) is 23.9 Å². The summed E-state index contributed by atoms with van der Waals surface area (Å²) in [7, 11) is 1.32. The van der Waals surface area contributed by atoms with E-state index in [9.17, 15) is 19.4 Å². The number of quaternary nitrogens is 1. The number of aliphatic hydroxyl groups is 1. The van der Waals surface area contributed by atoms with Crippen molar-refractivity contribution in [1.82, 2.24) is 5.32 Å². The van der Waals surface area contributed by atoms with Crippen LogP contribution >= 0.6 is 7.82 Å². The molecule has 0 radical (unpaired) electrons. The highest BCUT2D eigenvalue weighted by molar-refractivity contribution is 7.45. The monoisotopic (exact) mass is 1180 g/mol. The second kappa shape index (κ2) is 64.2. The van der Waals surface area contributed by atoms with Crippen LogP contribution in [-0.4, -0.2) is 68.5 Å². The van der Waals surface area contributed by atoms with Crippen LogP contribution in [0.2, 0.25) is 0 Å². The highest BCUT2D eigenvalue weighted by atomic mass is 31.2. The molecule has 8 nitrogen and oxygen atoms in total. The molecule has 9 heteroatoms. The van der Waals surface area contributed by atoms with Gasteiger partial charge in [-0.3, -0.25) is 9.36 Å². The van der Waals surface area contributed by atoms with Crippen LogP contribution in [0.5, 0.6) is 0 Å². The second-order valence-corrected chi connectivity index (χ2v) is 27.7. The molecular weight excluding hydrogens is 1030 g/mol. The number of carbonyl (C=O) groups is 1. The number of hydrogen-bond donors (Lipinski definition) is 2. The summed E-state index contributed by atoms with van der Waals surface area (Å²) in [6, 6.07) is -0.799. The fourth-order valence-corrected chi connectivity index (χ4v) is 12.0. The molecule has 3 atom stereocenters. The van der Waals surface area contributed by atoms with Gasteiger partial charge in [-0.25, -0.2) is 0 Å². The van der Waals surface area contributed by atoms with E-state index in [0.717, 1.165) is 51.4 Å². The topological polar surface area (TPSA) is 108 Å². The van der Waals surface area contributed by atoms with Crippen LogP contribution in [-0.2, 0) is 18.4 Å². The van der Waals surface area contributed by atoms with Crippen LogP contribution in [0.1, 0.15) is 373 Å². The minimum Gasteiger partial charge on any atom is -0.756 e. The number of likely N-dealkylation sites (N-methyl/N-ethyl adjacent to an activating group) is 1. The van der Waals surface area contributed by atoms with Crippen molar-refractivity contribution in [3.05, 3.63) is 36.5 Å². The Balaban J connectivity index is 3.91. The molecule has 0 heterocycles. The number of nitrogens with one attached hydrogen (secondary N) is 1. The van der Waals surface area contributed by atoms with E-state index in [1.54, 1.807) is 0 Å². The van der Waals surface area contributed by atoms with E-state index in [1.807, 2.05) is 21.1 Å². The highest BCUT2D eigenvalue weighted by Crippen LogP contribution is 2.38. The maximum atomic E-state index is 13.1. The molecule has 82 heavy (non-hydrogen) atoms. The Morgan fingerprint density at radius 1 is 0.427 bits per heavy atom. The number of amides is 1. The molecule has 1 amide bonds. The Hall–Kier alpha value is -1.28. The molecular formula is C73H143N2O6P. The van der Waals surface area contributed by atoms with E-state index >= 15 is 0 Å². The van der Waals surface area contributed by atoms with Crippen molar-refractivity contribution in [3.8, 4) is 0 Å². The molecule has 486 valence electrons. The molecule has 0 aromatic heterocycles. The largest absolute Gasteiger partial charge is 0.756 e. The van der Waals surface area contributed by atoms with Crippen molar-refractivity contribution < 1.29 is 32.9 Å². The lowest BCUT2D eigenvalue weighted by molar-refractivity contribution is -0.870. The van der Waals surface area contributed by atoms with Gasteiger partial charge >= 0.3 is 0 Å². The molecule has 0 aliphatic heterocycles. The predicted molar refractivity (Wildman–Crippen MR) is 358 cm³/mol. The summed E-state index contributed by atoms with van der Waals surface area (Å²) in [5.74, 6) is -0.156. The number of unbranched alkanes of at least 4 members (excludes halogenated alkanes) is 49. The van der Waals surface area contributed by atoms with Gasteiger partial charge < -0.3 is 28.8 Å². The minimum absolute atomic E-state index is 0.0149. The average Bonchev–Trinajstić information content (AvgIpc) is 3.46. The van der Waals surface area contributed by atoms with Crippen LogP contribution in [0.25, 0.3) is 0 Å². The van der Waals surface area contributed by atoms with Gasteiger partial charge in [-0.15, -0.1) is 0 Å². The summed E-state index contributed by atoms with van der Waals surface area (Å²) in [6.45, 7) is 4.77. The molecule has 0 saturated carbocycles. The Kier molecular flexibility index (Phi) is 63.2. The third-order valence-electron chi connectivity index (χ3n) is 16.9. The summed E-state index contributed by atoms with van der Waals surface area (Å²) in [5.41, 5.74) is 0. The Labute approximate surface area is 512 Å². The van der Waals surface area contributed by atoms with Gasteiger partial charge in [0.05, 0.1) is 39.9 Å². The van der Waals surface area contributed by atoms with Crippen LogP contribution < -0.4 is 10.2 Å². The predicted octanol–water partition coefficient (Wildman–Crippen LogP) is 22.6. The lowest BCUT2D eigenvalue weighted by atomic mass is 10.0. The summed E-state index contributed by atoms with van der Waals surface area (Å²) < 4.78 is 23.5. The zero-order valence-electron chi connectivity index (χ0n) is 55.7. The molecule has 0 saturated heterocycles. The Morgan fingerprint density at radius 3 is 1.02 bits per heavy atom. The third-order valence-corrected chi connectivity index (χ3v) is 17.8. The normalized spacial score (nSPS) is 13.8. The van der Waals surface area contributed by atoms with Crippen molar-refractivity contribution in [2.75, 3.05) is 40.9 Å². The van der Waals surface area contributed by atoms with Gasteiger partial charge in [0.15, 0.2) is 0 Å². The molecule has 0 fully saturated rings. The van der Waals surface area contributed by atoms with Crippen molar-refractivity contribution in [1.29, 1.82) is 0 Å². The number of nitrogens with zero attached hydrogens (tertiary/aromatic N) is 1. The van der Waals surface area contributed by atoms with Gasteiger partial charge in [-0.2, -0.15) is 0 Å². The SMILES string of the molecule is CCCCCCC/C=C\C/C=C\C/C=C\CCCCCCCCCCCCCCCCCCCCCCCCCCC(=O)NC(COP(=O)([O-])OCC[N+](C)(C)C)C(O)CCCCCCCCCCCCCCCCCCCCCCC. The fourth-order valence-electron chi connectivity index (χ4n) is 11.2. The number of phosphoric acid groups is 1. The van der Waals surface area contributed by atoms with Gasteiger partial charge in [-0.1, -0.05) is 352 Å². The van der Waals surface area contributed by atoms with Crippen molar-refractivity contribution in [2.24, 2.45) is 0 Å². The Bertz CT molecular complexity index is 1430. The molecule has 0 aromatic rings. The summed E-state index contributed by atoms with van der Waals surface area (Å²) in [6.07, 6.45) is 85.2. The quantitative estimate of drug-likeness (QED) is 0.0272. The highest BCUT2D eigenvalue weighted by Gasteiger charge is 2.24. The first-order valence-electron chi connectivity index (χ1n) is 36.3. The van der Waals surface area contributed by atoms with Crippen LogP contribution in [0, 0.1) is 0 Å². The zero-order chi connectivity index (χ0) is 59.8. The molecule has 0 bridgehead atoms. The number of hydrogen-bond acceptors (Lipinski definition) is 6. The van der Waals surface area contributed by atoms with Crippen LogP contribution in [0.3, 0.4) is 0 Å². The second-order valence-electron chi connectivity index (χ2n) is 26.3. The minimum atomic E-state index is -4.58. The standard InChI is InChI=1S/C73H143N2O6P/c1-6-8-10-12-14-16-18-20-22-24-26-28-29-30-31-32-33-34-35-36-37-38-39-40-41-42-43-44-45-47-49-51-53-55-57-59-61-63-65-67-73(77)74-71(70-81-82(78,79)80-69-68-75(3,4)5)72(76)66-64-62-60-58-56-54-52-50-48-46-27-25-23-21-19-17-15-13-11-9-7-2/h18,20,24,26,29-30,71-72,76H,6-17,19,21-23,25,27-28,31-70H2,1-5H3,(H-,74,77,78,79)/b20-18-,26-24-,30-29-. The van der Waals surface area contributed by atoms with E-state index in [4.69, 9.17) is 9.05 Å². The lowest BCUT2D eigenvalue weighted by Crippen LogP contribution is -2.46. The van der Waals surface area contributed by atoms with E-state index in [2.05, 4.69) is 55.6 Å². The van der Waals surface area contributed by atoms with Gasteiger partial charge in [0.25, 0.3) is 7.82 Å². The summed E-state index contributed by atoms with van der Waals surface area (Å²) in [4.78, 5) is 25.7. The van der Waals surface area contributed by atoms with Crippen molar-refractivity contribution in [3.63, 3.8) is 0 Å². The maximum Gasteiger partial charge on any atom is 0.268 e. The van der Waals surface area contributed by atoms with Gasteiger partial charge in [-0.05, 0) is 51.4 Å². The average molecular weight is 1180 g/mol. The summed E-state index contributed by atoms with van der Waals surface area (Å²) in [5, 5.41) is 14.1. The number of allylic oxidation sites excluding steroid dienone is 6. The smallest absolute Gasteiger partial charge is 0.268 e. The Morgan fingerprint density at radius 2 is 0.707 bits per heavy atom. The molecule has 0 aromatic carbocycles. The van der Waals surface area contributed by atoms with Gasteiger partial charge in [0, 0.05) is 6.42 Å². The molecule has 0 rings (SSSR count). The summed E-state index contributed by atoms with van der Waals surface area (Å²) >= 11 is 0. The van der Waals surface area contributed by atoms with Gasteiger partial charge in [0.2, 0.25) is 5.91 Å². The van der Waals surface area contributed by atoms with E-state index < -0.39 is 20.0 Å². The number of aliphatic hydroxyl groups excluding tert-OH is 1. The number of rotatable bonds is 68. The number of phosphoric ester groups is 1. The third kappa shape index (κ3) is 66.2. The lowest BCUT2D eigenvalue weighted by Gasteiger charge is -2.30. The zero-order valence-corrected chi connectivity index (χ0v) is 56.6. The van der Waals surface area contributed by atoms with Crippen molar-refractivity contribution >= 4 is 13.7 Å². The first kappa shape index (κ1) is 80.7. The maximum absolute atomic E-state index is 13.1. The van der Waals surface area contributed by atoms with Crippen LogP contribution in [0.4, 0.5) is 0 Å². The fraction of sp³-hybridized carbons (Fsp3) is 0.904. The van der Waals surface area contributed by atoms with Crippen molar-refractivity contribution in [2.45, 2.75) is 386 Å². The van der Waals surface area contributed by atoms with E-state index in [1.165, 1.54) is 295 Å².